The van der Waals surface area contributed by atoms with Gasteiger partial charge in [-0.15, -0.1) is 0 Å². The lowest BCUT2D eigenvalue weighted by Gasteiger charge is -2.23. The molecule has 2 nitrogen and oxygen atoms in total. The van der Waals surface area contributed by atoms with Gasteiger partial charge in [-0.1, -0.05) is 29.8 Å². The molecule has 0 aromatic heterocycles. The van der Waals surface area contributed by atoms with Crippen LogP contribution in [-0.4, -0.2) is 11.7 Å². The molecule has 0 aliphatic carbocycles. The Labute approximate surface area is 123 Å². The highest BCUT2D eigenvalue weighted by atomic mass is 35.5. The van der Waals surface area contributed by atoms with Crippen LogP contribution < -0.4 is 5.73 Å². The lowest BCUT2D eigenvalue weighted by Crippen LogP contribution is -2.20. The van der Waals surface area contributed by atoms with Crippen molar-refractivity contribution in [1.29, 1.82) is 0 Å². The Morgan fingerprint density at radius 3 is 2.40 bits per heavy atom. The first-order valence-corrected chi connectivity index (χ1v) is 6.80. The summed E-state index contributed by atoms with van der Waals surface area (Å²) in [7, 11) is 0. The van der Waals surface area contributed by atoms with Crippen LogP contribution in [0.25, 0.3) is 0 Å². The highest BCUT2D eigenvalue weighted by Crippen LogP contribution is 2.32. The number of hydrogen-bond acceptors (Lipinski definition) is 2. The summed E-state index contributed by atoms with van der Waals surface area (Å²) in [5.41, 5.74) is 8.11. The fraction of sp³-hybridized carbons (Fsp3) is 0.250. The SMILES string of the molecule is Cc1cc(F)ccc1C(O)C(CN)c1ccc(Cl)cc1. The van der Waals surface area contributed by atoms with Crippen LogP contribution in [0.5, 0.6) is 0 Å². The first kappa shape index (κ1) is 15.0. The van der Waals surface area contributed by atoms with Crippen molar-refractivity contribution in [3.63, 3.8) is 0 Å². The lowest BCUT2D eigenvalue weighted by atomic mass is 9.87. The van der Waals surface area contributed by atoms with E-state index in [2.05, 4.69) is 0 Å². The topological polar surface area (TPSA) is 46.2 Å². The smallest absolute Gasteiger partial charge is 0.123 e. The van der Waals surface area contributed by atoms with Crippen LogP contribution in [0.2, 0.25) is 5.02 Å². The van der Waals surface area contributed by atoms with Gasteiger partial charge in [-0.05, 0) is 47.9 Å². The molecule has 0 saturated heterocycles. The van der Waals surface area contributed by atoms with Gasteiger partial charge in [-0.25, -0.2) is 4.39 Å². The quantitative estimate of drug-likeness (QED) is 0.905. The summed E-state index contributed by atoms with van der Waals surface area (Å²) in [5, 5.41) is 11.2. The molecule has 0 fully saturated rings. The summed E-state index contributed by atoms with van der Waals surface area (Å²) in [5.74, 6) is -0.564. The Morgan fingerprint density at radius 1 is 1.20 bits per heavy atom. The summed E-state index contributed by atoms with van der Waals surface area (Å²) < 4.78 is 13.1. The zero-order valence-electron chi connectivity index (χ0n) is 11.2. The van der Waals surface area contributed by atoms with E-state index in [-0.39, 0.29) is 11.7 Å². The second-order valence-electron chi connectivity index (χ2n) is 4.84. The van der Waals surface area contributed by atoms with E-state index in [1.807, 2.05) is 12.1 Å². The van der Waals surface area contributed by atoms with E-state index in [0.717, 1.165) is 5.56 Å². The van der Waals surface area contributed by atoms with Gasteiger partial charge >= 0.3 is 0 Å². The number of rotatable bonds is 4. The first-order chi connectivity index (χ1) is 9.52. The minimum atomic E-state index is -0.776. The molecule has 2 atom stereocenters. The summed E-state index contributed by atoms with van der Waals surface area (Å²) >= 11 is 5.86. The molecule has 2 aromatic rings. The van der Waals surface area contributed by atoms with E-state index in [4.69, 9.17) is 17.3 Å². The average molecular weight is 294 g/mol. The fourth-order valence-electron chi connectivity index (χ4n) is 2.34. The fourth-order valence-corrected chi connectivity index (χ4v) is 2.47. The maximum atomic E-state index is 13.1. The van der Waals surface area contributed by atoms with Crippen molar-refractivity contribution < 1.29 is 9.50 Å². The van der Waals surface area contributed by atoms with Crippen LogP contribution in [0.4, 0.5) is 4.39 Å². The first-order valence-electron chi connectivity index (χ1n) is 6.42. The molecular weight excluding hydrogens is 277 g/mol. The monoisotopic (exact) mass is 293 g/mol. The van der Waals surface area contributed by atoms with E-state index in [1.165, 1.54) is 12.1 Å². The van der Waals surface area contributed by atoms with Gasteiger partial charge in [-0.3, -0.25) is 0 Å². The summed E-state index contributed by atoms with van der Waals surface area (Å²) in [6.45, 7) is 2.07. The minimum Gasteiger partial charge on any atom is -0.388 e. The van der Waals surface area contributed by atoms with Crippen LogP contribution in [0, 0.1) is 12.7 Å². The van der Waals surface area contributed by atoms with Crippen molar-refractivity contribution in [1.82, 2.24) is 0 Å². The van der Waals surface area contributed by atoms with Crippen LogP contribution in [0.15, 0.2) is 42.5 Å². The second kappa shape index (κ2) is 6.35. The van der Waals surface area contributed by atoms with E-state index in [0.29, 0.717) is 22.7 Å². The summed E-state index contributed by atoms with van der Waals surface area (Å²) in [6, 6.07) is 11.6. The molecule has 0 aliphatic rings. The van der Waals surface area contributed by atoms with Crippen LogP contribution >= 0.6 is 11.6 Å². The minimum absolute atomic E-state index is 0.253. The molecule has 2 aromatic carbocycles. The highest BCUT2D eigenvalue weighted by Gasteiger charge is 2.23. The molecule has 4 heteroatoms. The predicted molar refractivity (Wildman–Crippen MR) is 79.3 cm³/mol. The lowest BCUT2D eigenvalue weighted by molar-refractivity contribution is 0.146. The van der Waals surface area contributed by atoms with Crippen LogP contribution in [0.3, 0.4) is 0 Å². The van der Waals surface area contributed by atoms with Crippen molar-refractivity contribution in [2.24, 2.45) is 5.73 Å². The molecule has 0 heterocycles. The van der Waals surface area contributed by atoms with Gasteiger partial charge in [0.1, 0.15) is 5.82 Å². The third-order valence-corrected chi connectivity index (χ3v) is 3.74. The highest BCUT2D eigenvalue weighted by molar-refractivity contribution is 6.30. The molecule has 3 N–H and O–H groups in total. The van der Waals surface area contributed by atoms with Crippen LogP contribution in [0.1, 0.15) is 28.7 Å². The molecule has 2 rings (SSSR count). The summed E-state index contributed by atoms with van der Waals surface area (Å²) in [4.78, 5) is 0. The zero-order chi connectivity index (χ0) is 14.7. The third-order valence-electron chi connectivity index (χ3n) is 3.48. The molecule has 20 heavy (non-hydrogen) atoms. The molecule has 0 spiro atoms. The number of aryl methyl sites for hydroxylation is 1. The molecule has 0 bridgehead atoms. The number of nitrogens with two attached hydrogens (primary N) is 1. The molecule has 0 radical (unpaired) electrons. The van der Waals surface area contributed by atoms with Crippen LogP contribution in [-0.2, 0) is 0 Å². The largest absolute Gasteiger partial charge is 0.388 e. The molecule has 0 amide bonds. The van der Waals surface area contributed by atoms with E-state index >= 15 is 0 Å². The van der Waals surface area contributed by atoms with Crippen molar-refractivity contribution in [2.45, 2.75) is 18.9 Å². The van der Waals surface area contributed by atoms with Gasteiger partial charge in [0, 0.05) is 17.5 Å². The maximum absolute atomic E-state index is 13.1. The van der Waals surface area contributed by atoms with E-state index in [1.54, 1.807) is 25.1 Å². The Kier molecular flexibility index (Phi) is 4.76. The maximum Gasteiger partial charge on any atom is 0.123 e. The second-order valence-corrected chi connectivity index (χ2v) is 5.28. The normalized spacial score (nSPS) is 14.1. The van der Waals surface area contributed by atoms with Gasteiger partial charge in [0.15, 0.2) is 0 Å². The average Bonchev–Trinajstić information content (AvgIpc) is 2.41. The molecule has 0 saturated carbocycles. The summed E-state index contributed by atoms with van der Waals surface area (Å²) in [6.07, 6.45) is -0.776. The van der Waals surface area contributed by atoms with Gasteiger partial charge in [-0.2, -0.15) is 0 Å². The number of halogens is 2. The zero-order valence-corrected chi connectivity index (χ0v) is 11.9. The van der Waals surface area contributed by atoms with Gasteiger partial charge in [0.05, 0.1) is 6.10 Å². The Balaban J connectivity index is 2.33. The van der Waals surface area contributed by atoms with Crippen molar-refractivity contribution in [3.8, 4) is 0 Å². The predicted octanol–water partition coefficient (Wildman–Crippen LogP) is 3.56. The van der Waals surface area contributed by atoms with Crippen molar-refractivity contribution in [2.75, 3.05) is 6.54 Å². The molecule has 106 valence electrons. The number of aliphatic hydroxyl groups is 1. The van der Waals surface area contributed by atoms with E-state index in [9.17, 15) is 9.50 Å². The van der Waals surface area contributed by atoms with Gasteiger partial charge < -0.3 is 10.8 Å². The molecule has 2 unspecified atom stereocenters. The Hall–Kier alpha value is -1.42. The standard InChI is InChI=1S/C16H17ClFNO/c1-10-8-13(18)6-7-14(10)16(20)15(9-19)11-2-4-12(17)5-3-11/h2-8,15-16,20H,9,19H2,1H3. The molecular formula is C16H17ClFNO. The molecule has 0 aliphatic heterocycles. The number of hydrogen-bond donors (Lipinski definition) is 2. The third kappa shape index (κ3) is 3.18. The van der Waals surface area contributed by atoms with E-state index < -0.39 is 6.10 Å². The number of aliphatic hydroxyl groups excluding tert-OH is 1. The Bertz CT molecular complexity index is 586. The van der Waals surface area contributed by atoms with Crippen molar-refractivity contribution in [3.05, 3.63) is 70.0 Å². The Morgan fingerprint density at radius 2 is 1.85 bits per heavy atom. The van der Waals surface area contributed by atoms with Crippen molar-refractivity contribution >= 4 is 11.6 Å². The number of benzene rings is 2. The van der Waals surface area contributed by atoms with Gasteiger partial charge in [0.25, 0.3) is 0 Å². The van der Waals surface area contributed by atoms with Gasteiger partial charge in [0.2, 0.25) is 0 Å².